The molecule has 0 aliphatic rings. The van der Waals surface area contributed by atoms with Crippen LogP contribution in [0.2, 0.25) is 5.02 Å². The van der Waals surface area contributed by atoms with Gasteiger partial charge in [-0.1, -0.05) is 48.0 Å². The molecule has 0 aliphatic carbocycles. The Kier molecular flexibility index (Phi) is 2.33. The number of benzene rings is 2. The average molecular weight is 188 g/mol. The smallest absolute Gasteiger partial charge is 0.0412 e. The lowest BCUT2D eigenvalue weighted by Crippen LogP contribution is -1.75. The van der Waals surface area contributed by atoms with E-state index in [1.54, 1.807) is 0 Å². The highest BCUT2D eigenvalue weighted by Gasteiger charge is 1.96. The molecule has 1 heteroatoms. The monoisotopic (exact) mass is 187 g/mol. The zero-order valence-electron chi connectivity index (χ0n) is 7.00. The van der Waals surface area contributed by atoms with Crippen molar-refractivity contribution in [3.8, 4) is 11.1 Å². The molecule has 0 fully saturated rings. The maximum atomic E-state index is 5.88. The molecule has 0 saturated carbocycles. The summed E-state index contributed by atoms with van der Waals surface area (Å²) in [7, 11) is 0. The van der Waals surface area contributed by atoms with E-state index in [9.17, 15) is 0 Å². The third-order valence-corrected chi connectivity index (χ3v) is 2.08. The second-order valence-corrected chi connectivity index (χ2v) is 3.22. The zero-order chi connectivity index (χ0) is 9.10. The Balaban J connectivity index is 2.48. The summed E-state index contributed by atoms with van der Waals surface area (Å²) in [6, 6.07) is 18.8. The van der Waals surface area contributed by atoms with E-state index in [1.807, 2.05) is 48.5 Å². The summed E-state index contributed by atoms with van der Waals surface area (Å²) in [5.74, 6) is 0. The molecule has 1 radical (unpaired) electrons. The van der Waals surface area contributed by atoms with Gasteiger partial charge in [-0.25, -0.2) is 0 Å². The first-order valence-corrected chi connectivity index (χ1v) is 4.47. The fraction of sp³-hybridized carbons (Fsp3) is 0. The SMILES string of the molecule is Clc1cccc(-c2[c]cccc2)c1. The minimum atomic E-state index is 0.759. The second kappa shape index (κ2) is 3.63. The molecule has 0 bridgehead atoms. The lowest BCUT2D eigenvalue weighted by Gasteiger charge is -2.00. The van der Waals surface area contributed by atoms with Crippen LogP contribution in [0.1, 0.15) is 0 Å². The van der Waals surface area contributed by atoms with E-state index in [0.717, 1.165) is 16.1 Å². The molecular formula is C12H8Cl. The van der Waals surface area contributed by atoms with Crippen LogP contribution in [0.3, 0.4) is 0 Å². The van der Waals surface area contributed by atoms with Gasteiger partial charge in [0.25, 0.3) is 0 Å². The minimum Gasteiger partial charge on any atom is -0.0843 e. The first-order valence-electron chi connectivity index (χ1n) is 4.09. The molecule has 0 aromatic heterocycles. The van der Waals surface area contributed by atoms with E-state index in [1.165, 1.54) is 0 Å². The van der Waals surface area contributed by atoms with Crippen molar-refractivity contribution in [3.05, 3.63) is 59.6 Å². The number of hydrogen-bond acceptors (Lipinski definition) is 0. The van der Waals surface area contributed by atoms with Crippen LogP contribution < -0.4 is 0 Å². The largest absolute Gasteiger partial charge is 0.0843 e. The maximum absolute atomic E-state index is 5.88. The van der Waals surface area contributed by atoms with Gasteiger partial charge in [-0.3, -0.25) is 0 Å². The summed E-state index contributed by atoms with van der Waals surface area (Å²) in [6.45, 7) is 0. The van der Waals surface area contributed by atoms with Gasteiger partial charge in [-0.2, -0.15) is 0 Å². The lowest BCUT2D eigenvalue weighted by atomic mass is 10.1. The topological polar surface area (TPSA) is 0 Å². The lowest BCUT2D eigenvalue weighted by molar-refractivity contribution is 1.61. The highest BCUT2D eigenvalue weighted by Crippen LogP contribution is 2.21. The summed E-state index contributed by atoms with van der Waals surface area (Å²) in [4.78, 5) is 0. The molecule has 63 valence electrons. The minimum absolute atomic E-state index is 0.759. The van der Waals surface area contributed by atoms with Crippen molar-refractivity contribution in [1.82, 2.24) is 0 Å². The predicted octanol–water partition coefficient (Wildman–Crippen LogP) is 3.81. The van der Waals surface area contributed by atoms with Crippen LogP contribution in [-0.2, 0) is 0 Å². The fourth-order valence-electron chi connectivity index (χ4n) is 1.23. The molecule has 2 rings (SSSR count). The first-order chi connectivity index (χ1) is 6.36. The Morgan fingerprint density at radius 2 is 1.92 bits per heavy atom. The molecule has 0 N–H and O–H groups in total. The quantitative estimate of drug-likeness (QED) is 0.637. The Bertz CT molecular complexity index is 393. The normalized spacial score (nSPS) is 9.92. The Morgan fingerprint density at radius 1 is 1.00 bits per heavy atom. The molecule has 0 heterocycles. The average Bonchev–Trinajstić information content (AvgIpc) is 2.19. The summed E-state index contributed by atoms with van der Waals surface area (Å²) >= 11 is 5.88. The molecular weight excluding hydrogens is 180 g/mol. The van der Waals surface area contributed by atoms with Crippen LogP contribution in [0.5, 0.6) is 0 Å². The third kappa shape index (κ3) is 1.90. The molecule has 0 amide bonds. The van der Waals surface area contributed by atoms with Crippen LogP contribution in [0.15, 0.2) is 48.5 Å². The first kappa shape index (κ1) is 8.33. The van der Waals surface area contributed by atoms with Crippen molar-refractivity contribution in [3.63, 3.8) is 0 Å². The van der Waals surface area contributed by atoms with Crippen molar-refractivity contribution >= 4 is 11.6 Å². The van der Waals surface area contributed by atoms with Gasteiger partial charge in [0.1, 0.15) is 0 Å². The standard InChI is InChI=1S/C12H8Cl/c13-12-8-4-7-11(9-12)10-5-2-1-3-6-10/h1-5,7-9H. The van der Waals surface area contributed by atoms with E-state index in [2.05, 4.69) is 6.07 Å². The van der Waals surface area contributed by atoms with Crippen molar-refractivity contribution in [2.45, 2.75) is 0 Å². The predicted molar refractivity (Wildman–Crippen MR) is 55.7 cm³/mol. The van der Waals surface area contributed by atoms with Crippen LogP contribution in [0.4, 0.5) is 0 Å². The zero-order valence-corrected chi connectivity index (χ0v) is 7.75. The van der Waals surface area contributed by atoms with E-state index in [-0.39, 0.29) is 0 Å². The molecule has 2 aromatic carbocycles. The van der Waals surface area contributed by atoms with Gasteiger partial charge in [0.05, 0.1) is 0 Å². The maximum Gasteiger partial charge on any atom is 0.0412 e. The fourth-order valence-corrected chi connectivity index (χ4v) is 1.42. The molecule has 0 atom stereocenters. The van der Waals surface area contributed by atoms with E-state index < -0.39 is 0 Å². The Hall–Kier alpha value is -1.27. The van der Waals surface area contributed by atoms with Gasteiger partial charge in [-0.15, -0.1) is 0 Å². The van der Waals surface area contributed by atoms with Gasteiger partial charge >= 0.3 is 0 Å². The summed E-state index contributed by atoms with van der Waals surface area (Å²) < 4.78 is 0. The third-order valence-electron chi connectivity index (χ3n) is 1.84. The van der Waals surface area contributed by atoms with Crippen LogP contribution in [-0.4, -0.2) is 0 Å². The van der Waals surface area contributed by atoms with Gasteiger partial charge in [-0.05, 0) is 29.3 Å². The number of rotatable bonds is 1. The number of halogens is 1. The van der Waals surface area contributed by atoms with Gasteiger partial charge < -0.3 is 0 Å². The number of hydrogen-bond donors (Lipinski definition) is 0. The molecule has 0 aliphatic heterocycles. The van der Waals surface area contributed by atoms with E-state index in [0.29, 0.717) is 0 Å². The van der Waals surface area contributed by atoms with Crippen molar-refractivity contribution in [2.75, 3.05) is 0 Å². The van der Waals surface area contributed by atoms with Crippen LogP contribution >= 0.6 is 11.6 Å². The van der Waals surface area contributed by atoms with E-state index in [4.69, 9.17) is 11.6 Å². The molecule has 2 aromatic rings. The summed E-state index contributed by atoms with van der Waals surface area (Å²) in [5, 5.41) is 0.759. The Labute approximate surface area is 82.8 Å². The van der Waals surface area contributed by atoms with E-state index >= 15 is 0 Å². The van der Waals surface area contributed by atoms with Crippen LogP contribution in [0, 0.1) is 6.07 Å². The summed E-state index contributed by atoms with van der Waals surface area (Å²) in [6.07, 6.45) is 0. The molecule has 13 heavy (non-hydrogen) atoms. The highest BCUT2D eigenvalue weighted by molar-refractivity contribution is 6.30. The molecule has 0 saturated heterocycles. The molecule has 0 spiro atoms. The van der Waals surface area contributed by atoms with Crippen molar-refractivity contribution in [2.24, 2.45) is 0 Å². The van der Waals surface area contributed by atoms with Gasteiger partial charge in [0.2, 0.25) is 0 Å². The van der Waals surface area contributed by atoms with Crippen LogP contribution in [0.25, 0.3) is 11.1 Å². The van der Waals surface area contributed by atoms with Crippen molar-refractivity contribution < 1.29 is 0 Å². The molecule has 0 nitrogen and oxygen atoms in total. The second-order valence-electron chi connectivity index (χ2n) is 2.79. The molecule has 0 unspecified atom stereocenters. The summed E-state index contributed by atoms with van der Waals surface area (Å²) in [5.41, 5.74) is 2.18. The van der Waals surface area contributed by atoms with Crippen molar-refractivity contribution in [1.29, 1.82) is 0 Å². The highest BCUT2D eigenvalue weighted by atomic mass is 35.5. The van der Waals surface area contributed by atoms with Gasteiger partial charge in [0.15, 0.2) is 0 Å². The van der Waals surface area contributed by atoms with Gasteiger partial charge in [0, 0.05) is 5.02 Å². The Morgan fingerprint density at radius 3 is 2.62 bits per heavy atom.